The second-order valence-electron chi connectivity index (χ2n) is 8.95. The summed E-state index contributed by atoms with van der Waals surface area (Å²) in [7, 11) is 1.67. The molecule has 36 heavy (non-hydrogen) atoms. The minimum Gasteiger partial charge on any atom is -0.497 e. The van der Waals surface area contributed by atoms with E-state index in [2.05, 4.69) is 21.0 Å². The maximum Gasteiger partial charge on any atom is 0.263 e. The fourth-order valence-electron chi connectivity index (χ4n) is 4.83. The van der Waals surface area contributed by atoms with Crippen molar-refractivity contribution in [2.45, 2.75) is 25.3 Å². The van der Waals surface area contributed by atoms with Gasteiger partial charge in [-0.05, 0) is 42.5 Å². The van der Waals surface area contributed by atoms with Crippen LogP contribution in [0.5, 0.6) is 5.75 Å². The highest BCUT2D eigenvalue weighted by molar-refractivity contribution is 7.26. The van der Waals surface area contributed by atoms with E-state index in [9.17, 15) is 4.79 Å². The van der Waals surface area contributed by atoms with Gasteiger partial charge in [0, 0.05) is 21.2 Å². The topological polar surface area (TPSA) is 98.8 Å². The van der Waals surface area contributed by atoms with Crippen molar-refractivity contribution in [3.63, 3.8) is 0 Å². The minimum atomic E-state index is -0.100. The molecule has 2 aromatic carbocycles. The highest BCUT2D eigenvalue weighted by atomic mass is 32.1. The van der Waals surface area contributed by atoms with Gasteiger partial charge in [-0.15, -0.1) is 11.3 Å². The Bertz CT molecular complexity index is 1780. The largest absolute Gasteiger partial charge is 0.497 e. The van der Waals surface area contributed by atoms with Crippen LogP contribution >= 0.6 is 11.3 Å². The zero-order valence-electron chi connectivity index (χ0n) is 19.4. The van der Waals surface area contributed by atoms with Crippen LogP contribution in [0.1, 0.15) is 30.1 Å². The van der Waals surface area contributed by atoms with Gasteiger partial charge in [-0.25, -0.2) is 15.0 Å². The number of rotatable bonds is 6. The summed E-state index contributed by atoms with van der Waals surface area (Å²) >= 11 is 1.53. The number of nitrogens with zero attached hydrogens (tertiary/aromatic N) is 4. The van der Waals surface area contributed by atoms with Crippen molar-refractivity contribution >= 4 is 31.6 Å². The van der Waals surface area contributed by atoms with E-state index in [1.54, 1.807) is 30.4 Å². The molecule has 4 aromatic heterocycles. The molecule has 0 unspecified atom stereocenters. The number of fused-ring (bicyclic) bond motifs is 3. The molecule has 4 heterocycles. The number of nitrogens with one attached hydrogen (secondary N) is 1. The van der Waals surface area contributed by atoms with E-state index in [4.69, 9.17) is 14.1 Å². The zero-order valence-corrected chi connectivity index (χ0v) is 20.2. The van der Waals surface area contributed by atoms with Crippen molar-refractivity contribution in [2.75, 3.05) is 7.11 Å². The molecule has 1 fully saturated rings. The summed E-state index contributed by atoms with van der Waals surface area (Å²) in [6, 6.07) is 12.0. The molecule has 0 saturated heterocycles. The predicted octanol–water partition coefficient (Wildman–Crippen LogP) is 5.59. The molecule has 0 amide bonds. The average molecular weight is 496 g/mol. The number of thiophene rings is 1. The third-order valence-electron chi connectivity index (χ3n) is 6.72. The fourth-order valence-corrected chi connectivity index (χ4v) is 6.02. The fraction of sp³-hybridized carbons (Fsp3) is 0.185. The molecule has 0 aliphatic heterocycles. The van der Waals surface area contributed by atoms with Crippen molar-refractivity contribution in [1.82, 2.24) is 24.5 Å². The van der Waals surface area contributed by atoms with Crippen molar-refractivity contribution in [2.24, 2.45) is 0 Å². The zero-order chi connectivity index (χ0) is 24.2. The molecular formula is C27H21N5O3S. The van der Waals surface area contributed by atoms with Gasteiger partial charge in [0.05, 0.1) is 43.5 Å². The minimum absolute atomic E-state index is 0.100. The van der Waals surface area contributed by atoms with Crippen LogP contribution in [0.4, 0.5) is 0 Å². The van der Waals surface area contributed by atoms with Crippen molar-refractivity contribution in [3.8, 4) is 28.4 Å². The van der Waals surface area contributed by atoms with Crippen molar-refractivity contribution < 1.29 is 9.15 Å². The summed E-state index contributed by atoms with van der Waals surface area (Å²) in [5.41, 5.74) is 3.91. The van der Waals surface area contributed by atoms with Crippen LogP contribution in [0.2, 0.25) is 0 Å². The number of ether oxygens (including phenoxy) is 1. The van der Waals surface area contributed by atoms with Gasteiger partial charge in [-0.2, -0.15) is 0 Å². The van der Waals surface area contributed by atoms with Crippen LogP contribution in [0.3, 0.4) is 0 Å². The van der Waals surface area contributed by atoms with Gasteiger partial charge in [-0.3, -0.25) is 9.36 Å². The lowest BCUT2D eigenvalue weighted by molar-refractivity contribution is 0.414. The summed E-state index contributed by atoms with van der Waals surface area (Å²) in [4.78, 5) is 31.4. The number of hydrogen-bond donors (Lipinski definition) is 1. The van der Waals surface area contributed by atoms with Gasteiger partial charge >= 0.3 is 0 Å². The first-order valence-corrected chi connectivity index (χ1v) is 12.5. The van der Waals surface area contributed by atoms with E-state index in [-0.39, 0.29) is 12.1 Å². The number of methoxy groups -OCH3 is 1. The summed E-state index contributed by atoms with van der Waals surface area (Å²) in [6.07, 6.45) is 8.70. The molecule has 178 valence electrons. The second kappa shape index (κ2) is 8.17. The number of imidazole rings is 1. The molecule has 6 aromatic rings. The standard InChI is InChI=1S/C27H21N5O3S/c1-34-16-7-8-18(21(9-16)15-5-6-15)25-31-26-23(27(33)32(25)12-17-10-29-14-35-17)20-4-2-3-19(24(20)36-26)22-11-28-13-30-22/h2-4,7-11,13-15H,5-6,12H2,1H3,(H,28,30). The van der Waals surface area contributed by atoms with E-state index in [0.717, 1.165) is 51.1 Å². The maximum atomic E-state index is 14.2. The third kappa shape index (κ3) is 3.35. The van der Waals surface area contributed by atoms with Gasteiger partial charge in [0.15, 0.2) is 6.39 Å². The monoisotopic (exact) mass is 495 g/mol. The number of aromatic amines is 1. The normalized spacial score (nSPS) is 13.6. The first-order valence-electron chi connectivity index (χ1n) is 11.7. The Morgan fingerprint density at radius 2 is 2.08 bits per heavy atom. The summed E-state index contributed by atoms with van der Waals surface area (Å²) in [6.45, 7) is 0.241. The third-order valence-corrected chi connectivity index (χ3v) is 7.85. The van der Waals surface area contributed by atoms with E-state index >= 15 is 0 Å². The smallest absolute Gasteiger partial charge is 0.263 e. The van der Waals surface area contributed by atoms with Gasteiger partial charge in [0.2, 0.25) is 0 Å². The molecule has 7 rings (SSSR count). The van der Waals surface area contributed by atoms with Crippen LogP contribution in [0.15, 0.2) is 70.7 Å². The molecule has 1 N–H and O–H groups in total. The van der Waals surface area contributed by atoms with Crippen molar-refractivity contribution in [3.05, 3.63) is 83.2 Å². The molecule has 0 radical (unpaired) electrons. The van der Waals surface area contributed by atoms with E-state index in [1.807, 2.05) is 30.3 Å². The molecule has 0 bridgehead atoms. The quantitative estimate of drug-likeness (QED) is 0.323. The van der Waals surface area contributed by atoms with Crippen molar-refractivity contribution in [1.29, 1.82) is 0 Å². The summed E-state index contributed by atoms with van der Waals surface area (Å²) in [5.74, 6) is 2.47. The lowest BCUT2D eigenvalue weighted by Gasteiger charge is -2.15. The molecule has 1 aliphatic carbocycles. The Morgan fingerprint density at radius 3 is 2.83 bits per heavy atom. The van der Waals surface area contributed by atoms with Gasteiger partial charge in [0.25, 0.3) is 5.56 Å². The van der Waals surface area contributed by atoms with Gasteiger partial charge in [-0.1, -0.05) is 18.2 Å². The number of benzene rings is 2. The maximum absolute atomic E-state index is 14.2. The molecule has 8 nitrogen and oxygen atoms in total. The van der Waals surface area contributed by atoms with E-state index < -0.39 is 0 Å². The van der Waals surface area contributed by atoms with E-state index in [0.29, 0.717) is 27.7 Å². The first-order chi connectivity index (χ1) is 17.7. The molecular weight excluding hydrogens is 474 g/mol. The Kier molecular flexibility index (Phi) is 4.78. The van der Waals surface area contributed by atoms with Gasteiger partial charge < -0.3 is 14.1 Å². The second-order valence-corrected chi connectivity index (χ2v) is 9.95. The summed E-state index contributed by atoms with van der Waals surface area (Å²) in [5, 5.41) is 1.50. The highest BCUT2D eigenvalue weighted by Crippen LogP contribution is 2.46. The molecule has 0 atom stereocenters. The molecule has 0 spiro atoms. The van der Waals surface area contributed by atoms with E-state index in [1.165, 1.54) is 17.7 Å². The van der Waals surface area contributed by atoms with Crippen LogP contribution in [-0.2, 0) is 6.54 Å². The highest BCUT2D eigenvalue weighted by Gasteiger charge is 2.29. The average Bonchev–Trinajstić information content (AvgIpc) is 3.26. The Labute approximate surface area is 209 Å². The molecule has 1 aliphatic rings. The lowest BCUT2D eigenvalue weighted by atomic mass is 10.0. The van der Waals surface area contributed by atoms with Crippen LogP contribution in [0.25, 0.3) is 42.9 Å². The van der Waals surface area contributed by atoms with Crippen LogP contribution in [-0.4, -0.2) is 31.6 Å². The predicted molar refractivity (Wildman–Crippen MR) is 139 cm³/mol. The van der Waals surface area contributed by atoms with Gasteiger partial charge in [0.1, 0.15) is 22.2 Å². The number of oxazole rings is 1. The van der Waals surface area contributed by atoms with Crippen LogP contribution < -0.4 is 10.3 Å². The Hall–Kier alpha value is -4.24. The molecule has 9 heteroatoms. The SMILES string of the molecule is COc1ccc(-c2nc3sc4c(-c5cnc[nH]5)cccc4c3c(=O)n2Cc2cnco2)c(C2CC2)c1. The Balaban J connectivity index is 1.53. The molecule has 1 saturated carbocycles. The number of hydrogen-bond acceptors (Lipinski definition) is 7. The first kappa shape index (κ1) is 21.1. The summed E-state index contributed by atoms with van der Waals surface area (Å²) < 4.78 is 13.8. The number of H-pyrrole nitrogens is 1. The van der Waals surface area contributed by atoms with Crippen LogP contribution in [0, 0.1) is 0 Å². The lowest BCUT2D eigenvalue weighted by Crippen LogP contribution is -2.24. The Morgan fingerprint density at radius 1 is 1.17 bits per heavy atom. The number of aromatic nitrogens is 5.